The van der Waals surface area contributed by atoms with Gasteiger partial charge in [0.15, 0.2) is 11.6 Å². The summed E-state index contributed by atoms with van der Waals surface area (Å²) in [5, 5.41) is 10.4. The van der Waals surface area contributed by atoms with Crippen LogP contribution in [0, 0.1) is 29.0 Å². The van der Waals surface area contributed by atoms with Crippen LogP contribution in [0.1, 0.15) is 57.2 Å². The summed E-state index contributed by atoms with van der Waals surface area (Å²) in [6, 6.07) is 18.3. The molecule has 2 aromatic carbocycles. The van der Waals surface area contributed by atoms with Crippen LogP contribution in [-0.2, 0) is 11.2 Å². The van der Waals surface area contributed by atoms with Crippen molar-refractivity contribution in [2.45, 2.75) is 52.4 Å². The molecule has 0 aliphatic heterocycles. The molecule has 4 aromatic rings. The van der Waals surface area contributed by atoms with E-state index < -0.39 is 0 Å². The summed E-state index contributed by atoms with van der Waals surface area (Å²) in [5.74, 6) is 0.799. The number of halogens is 1. The third-order valence-corrected chi connectivity index (χ3v) is 7.68. The van der Waals surface area contributed by atoms with Crippen molar-refractivity contribution < 1.29 is 9.18 Å². The average molecular weight is 519 g/mol. The zero-order chi connectivity index (χ0) is 27.5. The molecule has 0 saturated heterocycles. The standard InChI is InChI=1S/C28H19FN4O.C5H12/c29-23-7-3-1-6-20(23)26-21-10-9-16-14-25(34)17(15-30)13-22(16)27(21)33-28(32-26)19-11-12-31-24-8-4-2-5-18(19)24;1-4-5(2)3/h1-8,11-13,16,22H,9-10,14H2;5H,4H2,1-3H3. The first kappa shape index (κ1) is 26.4. The van der Waals surface area contributed by atoms with Gasteiger partial charge in [-0.3, -0.25) is 9.78 Å². The normalized spacial score (nSPS) is 17.9. The van der Waals surface area contributed by atoms with Crippen LogP contribution >= 0.6 is 0 Å². The Balaban J connectivity index is 0.000000567. The number of carbonyl (C=O) groups is 1. The second-order valence-electron chi connectivity index (χ2n) is 10.6. The second-order valence-corrected chi connectivity index (χ2v) is 10.6. The molecule has 2 aromatic heterocycles. The van der Waals surface area contributed by atoms with Crippen molar-refractivity contribution in [3.63, 3.8) is 0 Å². The average Bonchev–Trinajstić information content (AvgIpc) is 2.96. The van der Waals surface area contributed by atoms with E-state index in [2.05, 4.69) is 25.8 Å². The van der Waals surface area contributed by atoms with E-state index in [9.17, 15) is 14.4 Å². The van der Waals surface area contributed by atoms with Gasteiger partial charge in [-0.05, 0) is 48.9 Å². The summed E-state index contributed by atoms with van der Waals surface area (Å²) in [6.07, 6.45) is 6.53. The number of ketones is 1. The van der Waals surface area contributed by atoms with E-state index in [-0.39, 0.29) is 29.0 Å². The molecule has 39 heavy (non-hydrogen) atoms. The summed E-state index contributed by atoms with van der Waals surface area (Å²) in [6.45, 7) is 6.64. The minimum atomic E-state index is -0.344. The van der Waals surface area contributed by atoms with E-state index in [1.807, 2.05) is 36.4 Å². The fraction of sp³-hybridized carbons (Fsp3) is 0.303. The van der Waals surface area contributed by atoms with E-state index >= 15 is 0 Å². The van der Waals surface area contributed by atoms with Crippen LogP contribution in [0.4, 0.5) is 4.39 Å². The zero-order valence-electron chi connectivity index (χ0n) is 22.5. The van der Waals surface area contributed by atoms with Crippen LogP contribution in [0.2, 0.25) is 0 Å². The van der Waals surface area contributed by atoms with Crippen molar-refractivity contribution in [2.75, 3.05) is 0 Å². The molecule has 2 unspecified atom stereocenters. The lowest BCUT2D eigenvalue weighted by Gasteiger charge is -2.34. The number of allylic oxidation sites excluding steroid dienone is 2. The smallest absolute Gasteiger partial charge is 0.173 e. The van der Waals surface area contributed by atoms with Crippen molar-refractivity contribution in [3.8, 4) is 28.7 Å². The molecule has 0 spiro atoms. The van der Waals surface area contributed by atoms with Crippen molar-refractivity contribution in [1.29, 1.82) is 5.26 Å². The lowest BCUT2D eigenvalue weighted by atomic mass is 9.70. The van der Waals surface area contributed by atoms with Gasteiger partial charge in [0.05, 0.1) is 22.5 Å². The fourth-order valence-corrected chi connectivity index (χ4v) is 5.21. The Bertz CT molecular complexity index is 1610. The molecular formula is C33H31FN4O. The first-order valence-electron chi connectivity index (χ1n) is 13.6. The maximum atomic E-state index is 15.0. The highest BCUT2D eigenvalue weighted by Crippen LogP contribution is 2.45. The molecule has 0 fully saturated rings. The van der Waals surface area contributed by atoms with Crippen molar-refractivity contribution in [1.82, 2.24) is 15.0 Å². The molecular weight excluding hydrogens is 487 g/mol. The molecule has 196 valence electrons. The maximum Gasteiger partial charge on any atom is 0.173 e. The Labute approximate surface area is 228 Å². The first-order chi connectivity index (χ1) is 18.9. The zero-order valence-corrected chi connectivity index (χ0v) is 22.5. The van der Waals surface area contributed by atoms with Gasteiger partial charge >= 0.3 is 0 Å². The van der Waals surface area contributed by atoms with Gasteiger partial charge in [0.1, 0.15) is 11.9 Å². The number of hydrogen-bond donors (Lipinski definition) is 0. The van der Waals surface area contributed by atoms with Gasteiger partial charge in [-0.1, -0.05) is 63.6 Å². The molecule has 2 aliphatic carbocycles. The van der Waals surface area contributed by atoms with Gasteiger partial charge in [-0.25, -0.2) is 14.4 Å². The molecule has 0 amide bonds. The lowest BCUT2D eigenvalue weighted by molar-refractivity contribution is -0.116. The van der Waals surface area contributed by atoms with Gasteiger partial charge in [0.25, 0.3) is 0 Å². The predicted octanol–water partition coefficient (Wildman–Crippen LogP) is 7.62. The van der Waals surface area contributed by atoms with Crippen LogP contribution in [0.15, 0.2) is 72.4 Å². The van der Waals surface area contributed by atoms with Crippen LogP contribution < -0.4 is 0 Å². The van der Waals surface area contributed by atoms with Crippen LogP contribution in [-0.4, -0.2) is 20.7 Å². The highest BCUT2D eigenvalue weighted by Gasteiger charge is 2.38. The number of para-hydroxylation sites is 1. The third-order valence-electron chi connectivity index (χ3n) is 7.68. The van der Waals surface area contributed by atoms with Crippen molar-refractivity contribution >= 4 is 16.7 Å². The maximum absolute atomic E-state index is 15.0. The molecule has 0 saturated carbocycles. The predicted molar refractivity (Wildman–Crippen MR) is 151 cm³/mol. The number of nitriles is 1. The number of rotatable bonds is 3. The highest BCUT2D eigenvalue weighted by atomic mass is 19.1. The third kappa shape index (κ3) is 5.22. The number of benzene rings is 2. The number of pyridine rings is 1. The Morgan fingerprint density at radius 1 is 1.05 bits per heavy atom. The Hall–Kier alpha value is -4.24. The highest BCUT2D eigenvalue weighted by molar-refractivity contribution is 6.00. The summed E-state index contributed by atoms with van der Waals surface area (Å²) in [7, 11) is 0. The summed E-state index contributed by atoms with van der Waals surface area (Å²) < 4.78 is 15.0. The van der Waals surface area contributed by atoms with Crippen LogP contribution in [0.3, 0.4) is 0 Å². The lowest BCUT2D eigenvalue weighted by Crippen LogP contribution is -2.29. The van der Waals surface area contributed by atoms with Crippen LogP contribution in [0.25, 0.3) is 33.5 Å². The summed E-state index contributed by atoms with van der Waals surface area (Å²) in [4.78, 5) is 26.7. The number of fused-ring (bicyclic) bond motifs is 4. The quantitative estimate of drug-likeness (QED) is 0.279. The largest absolute Gasteiger partial charge is 0.293 e. The number of Topliss-reactive ketones (excluding diaryl/α,β-unsaturated/α-hetero) is 1. The van der Waals surface area contributed by atoms with E-state index in [1.54, 1.807) is 30.5 Å². The fourth-order valence-electron chi connectivity index (χ4n) is 5.21. The Morgan fingerprint density at radius 2 is 1.79 bits per heavy atom. The van der Waals surface area contributed by atoms with Gasteiger partial charge in [-0.15, -0.1) is 0 Å². The number of hydrogen-bond acceptors (Lipinski definition) is 5. The van der Waals surface area contributed by atoms with Crippen molar-refractivity contribution in [3.05, 3.63) is 89.5 Å². The van der Waals surface area contributed by atoms with Gasteiger partial charge in [0.2, 0.25) is 0 Å². The van der Waals surface area contributed by atoms with Gasteiger partial charge in [-0.2, -0.15) is 5.26 Å². The van der Waals surface area contributed by atoms with Crippen LogP contribution in [0.5, 0.6) is 0 Å². The SMILES string of the molecule is CCC(C)C.N#CC1=CC2c3nc(-c4ccnc5ccccc45)nc(-c4ccccc4F)c3CCC2CC1=O. The van der Waals surface area contributed by atoms with Gasteiger partial charge < -0.3 is 0 Å². The molecule has 6 heteroatoms. The van der Waals surface area contributed by atoms with Gasteiger partial charge in [0, 0.05) is 40.6 Å². The Morgan fingerprint density at radius 3 is 2.54 bits per heavy atom. The molecule has 2 aliphatic rings. The number of nitrogens with zero attached hydrogens (tertiary/aromatic N) is 4. The monoisotopic (exact) mass is 518 g/mol. The molecule has 6 rings (SSSR count). The van der Waals surface area contributed by atoms with E-state index in [0.29, 0.717) is 29.9 Å². The minimum Gasteiger partial charge on any atom is -0.293 e. The van der Waals surface area contributed by atoms with E-state index in [0.717, 1.165) is 40.1 Å². The topological polar surface area (TPSA) is 79.5 Å². The number of carbonyl (C=O) groups excluding carboxylic acids is 1. The molecule has 5 nitrogen and oxygen atoms in total. The molecule has 0 N–H and O–H groups in total. The Kier molecular flexibility index (Phi) is 7.60. The second kappa shape index (κ2) is 11.2. The number of aromatic nitrogens is 3. The first-order valence-corrected chi connectivity index (χ1v) is 13.6. The van der Waals surface area contributed by atoms with E-state index in [1.165, 1.54) is 12.5 Å². The van der Waals surface area contributed by atoms with E-state index in [4.69, 9.17) is 9.97 Å². The van der Waals surface area contributed by atoms with Crippen molar-refractivity contribution in [2.24, 2.45) is 11.8 Å². The summed E-state index contributed by atoms with van der Waals surface area (Å²) in [5.41, 5.74) is 4.47. The minimum absolute atomic E-state index is 0.0718. The molecule has 0 bridgehead atoms. The molecule has 2 atom stereocenters. The molecule has 0 radical (unpaired) electrons. The molecule has 2 heterocycles. The summed E-state index contributed by atoms with van der Waals surface area (Å²) >= 11 is 0.